The van der Waals surface area contributed by atoms with Crippen molar-refractivity contribution in [1.82, 2.24) is 15.3 Å². The Bertz CT molecular complexity index is 698. The average molecular weight is 356 g/mol. The number of para-hydroxylation sites is 1. The number of hydrogen-bond acceptors (Lipinski definition) is 6. The van der Waals surface area contributed by atoms with Crippen LogP contribution in [0, 0.1) is 0 Å². The van der Waals surface area contributed by atoms with Gasteiger partial charge in [-0.15, -0.1) is 0 Å². The first-order chi connectivity index (χ1) is 12.6. The smallest absolute Gasteiger partial charge is 0.223 e. The summed E-state index contributed by atoms with van der Waals surface area (Å²) in [5.74, 6) is 1.35. The zero-order valence-electron chi connectivity index (χ0n) is 14.7. The number of aliphatic hydroxyl groups is 1. The van der Waals surface area contributed by atoms with Gasteiger partial charge in [0.15, 0.2) is 0 Å². The summed E-state index contributed by atoms with van der Waals surface area (Å²) in [6.07, 6.45) is 6.67. The molecule has 26 heavy (non-hydrogen) atoms. The Morgan fingerprint density at radius 1 is 1.31 bits per heavy atom. The quantitative estimate of drug-likeness (QED) is 0.780. The second-order valence-corrected chi connectivity index (χ2v) is 6.50. The van der Waals surface area contributed by atoms with Gasteiger partial charge < -0.3 is 20.1 Å². The highest BCUT2D eigenvalue weighted by Gasteiger charge is 2.34. The zero-order chi connectivity index (χ0) is 18.2. The Hall–Kier alpha value is -2.67. The lowest BCUT2D eigenvalue weighted by Crippen LogP contribution is -2.54. The van der Waals surface area contributed by atoms with Crippen molar-refractivity contribution in [1.29, 1.82) is 0 Å². The largest absolute Gasteiger partial charge is 0.493 e. The summed E-state index contributed by atoms with van der Waals surface area (Å²) in [5, 5.41) is 13.6. The maximum atomic E-state index is 12.0. The predicted octanol–water partition coefficient (Wildman–Crippen LogP) is 1.39. The average Bonchev–Trinajstić information content (AvgIpc) is 2.68. The number of nitrogens with zero attached hydrogens (tertiary/aromatic N) is 3. The minimum Gasteiger partial charge on any atom is -0.493 e. The van der Waals surface area contributed by atoms with Gasteiger partial charge in [0, 0.05) is 32.0 Å². The molecule has 0 spiro atoms. The second-order valence-electron chi connectivity index (χ2n) is 6.50. The Morgan fingerprint density at radius 3 is 2.92 bits per heavy atom. The third-order valence-corrected chi connectivity index (χ3v) is 4.38. The van der Waals surface area contributed by atoms with E-state index < -0.39 is 5.60 Å². The molecule has 1 amide bonds. The van der Waals surface area contributed by atoms with E-state index in [0.717, 1.165) is 24.5 Å². The molecule has 1 atom stereocenters. The van der Waals surface area contributed by atoms with E-state index in [1.807, 2.05) is 35.2 Å². The van der Waals surface area contributed by atoms with Crippen molar-refractivity contribution in [2.75, 3.05) is 31.1 Å². The maximum Gasteiger partial charge on any atom is 0.223 e. The van der Waals surface area contributed by atoms with Crippen LogP contribution in [0.3, 0.4) is 0 Å². The highest BCUT2D eigenvalue weighted by atomic mass is 16.5. The highest BCUT2D eigenvalue weighted by Crippen LogP contribution is 2.23. The minimum atomic E-state index is -0.967. The standard InChI is InChI=1S/C19H24N4O3/c24-18(7-12-26-16-5-2-1-3-6-16)22-14-19(25)8-4-11-23(15-19)17-13-20-9-10-21-17/h1-3,5-6,9-10,13,25H,4,7-8,11-12,14-15H2,(H,22,24)/t19-/m1/s1. The molecule has 1 fully saturated rings. The normalized spacial score (nSPS) is 19.8. The van der Waals surface area contributed by atoms with Crippen LogP contribution in [0.4, 0.5) is 5.82 Å². The molecule has 0 radical (unpaired) electrons. The van der Waals surface area contributed by atoms with E-state index in [-0.39, 0.29) is 18.9 Å². The number of carbonyl (C=O) groups is 1. The lowest BCUT2D eigenvalue weighted by Gasteiger charge is -2.39. The Morgan fingerprint density at radius 2 is 2.15 bits per heavy atom. The van der Waals surface area contributed by atoms with Gasteiger partial charge >= 0.3 is 0 Å². The van der Waals surface area contributed by atoms with Gasteiger partial charge in [-0.3, -0.25) is 9.78 Å². The van der Waals surface area contributed by atoms with Gasteiger partial charge in [-0.25, -0.2) is 4.98 Å². The zero-order valence-corrected chi connectivity index (χ0v) is 14.7. The van der Waals surface area contributed by atoms with Crippen molar-refractivity contribution in [3.63, 3.8) is 0 Å². The first-order valence-electron chi connectivity index (χ1n) is 8.83. The molecule has 138 valence electrons. The van der Waals surface area contributed by atoms with Gasteiger partial charge in [-0.2, -0.15) is 0 Å². The molecule has 0 saturated carbocycles. The van der Waals surface area contributed by atoms with E-state index in [9.17, 15) is 9.90 Å². The number of aromatic nitrogens is 2. The third kappa shape index (κ3) is 5.16. The SMILES string of the molecule is O=C(CCOc1ccccc1)NC[C@]1(O)CCCN(c2cnccn2)C1. The molecule has 0 aliphatic carbocycles. The van der Waals surface area contributed by atoms with Crippen molar-refractivity contribution in [3.8, 4) is 5.75 Å². The molecule has 1 aliphatic rings. The lowest BCUT2D eigenvalue weighted by atomic mass is 9.92. The van der Waals surface area contributed by atoms with E-state index in [4.69, 9.17) is 4.74 Å². The number of ether oxygens (including phenoxy) is 1. The van der Waals surface area contributed by atoms with Crippen molar-refractivity contribution < 1.29 is 14.6 Å². The molecule has 1 aromatic carbocycles. The lowest BCUT2D eigenvalue weighted by molar-refractivity contribution is -0.123. The van der Waals surface area contributed by atoms with E-state index in [1.165, 1.54) is 0 Å². The summed E-state index contributed by atoms with van der Waals surface area (Å²) >= 11 is 0. The summed E-state index contributed by atoms with van der Waals surface area (Å²) in [7, 11) is 0. The summed E-state index contributed by atoms with van der Waals surface area (Å²) in [4.78, 5) is 22.4. The molecular weight excluding hydrogens is 332 g/mol. The molecule has 7 nitrogen and oxygen atoms in total. The topological polar surface area (TPSA) is 87.6 Å². The van der Waals surface area contributed by atoms with Gasteiger partial charge in [0.25, 0.3) is 0 Å². The number of rotatable bonds is 7. The van der Waals surface area contributed by atoms with E-state index >= 15 is 0 Å². The molecule has 2 aromatic rings. The van der Waals surface area contributed by atoms with Crippen LogP contribution in [-0.4, -0.2) is 52.8 Å². The number of piperidine rings is 1. The Balaban J connectivity index is 1.43. The molecule has 0 bridgehead atoms. The fourth-order valence-electron chi connectivity index (χ4n) is 3.04. The molecular formula is C19H24N4O3. The summed E-state index contributed by atoms with van der Waals surface area (Å²) < 4.78 is 5.52. The van der Waals surface area contributed by atoms with Crippen LogP contribution in [0.1, 0.15) is 19.3 Å². The fourth-order valence-corrected chi connectivity index (χ4v) is 3.04. The number of anilines is 1. The highest BCUT2D eigenvalue weighted by molar-refractivity contribution is 5.76. The molecule has 1 saturated heterocycles. The van der Waals surface area contributed by atoms with Gasteiger partial charge in [0.1, 0.15) is 11.6 Å². The number of hydrogen-bond donors (Lipinski definition) is 2. The molecule has 7 heteroatoms. The van der Waals surface area contributed by atoms with Crippen LogP contribution >= 0.6 is 0 Å². The maximum absolute atomic E-state index is 12.0. The molecule has 3 rings (SSSR count). The molecule has 1 aromatic heterocycles. The van der Waals surface area contributed by atoms with Crippen LogP contribution in [0.5, 0.6) is 5.75 Å². The van der Waals surface area contributed by atoms with Crippen molar-refractivity contribution >= 4 is 11.7 Å². The van der Waals surface area contributed by atoms with E-state index in [2.05, 4.69) is 15.3 Å². The third-order valence-electron chi connectivity index (χ3n) is 4.38. The minimum absolute atomic E-state index is 0.133. The van der Waals surface area contributed by atoms with Gasteiger partial charge in [-0.1, -0.05) is 18.2 Å². The molecule has 2 N–H and O–H groups in total. The predicted molar refractivity (Wildman–Crippen MR) is 98.0 cm³/mol. The molecule has 1 aliphatic heterocycles. The Labute approximate surface area is 153 Å². The number of nitrogens with one attached hydrogen (secondary N) is 1. The van der Waals surface area contributed by atoms with Gasteiger partial charge in [0.2, 0.25) is 5.91 Å². The first kappa shape index (κ1) is 18.1. The second kappa shape index (κ2) is 8.62. The number of benzene rings is 1. The van der Waals surface area contributed by atoms with Crippen LogP contribution in [-0.2, 0) is 4.79 Å². The summed E-state index contributed by atoms with van der Waals surface area (Å²) in [6, 6.07) is 9.38. The summed E-state index contributed by atoms with van der Waals surface area (Å²) in [6.45, 7) is 1.76. The van der Waals surface area contributed by atoms with E-state index in [1.54, 1.807) is 18.6 Å². The fraction of sp³-hybridized carbons (Fsp3) is 0.421. The molecule has 2 heterocycles. The van der Waals surface area contributed by atoms with Crippen LogP contribution < -0.4 is 15.0 Å². The number of carbonyl (C=O) groups excluding carboxylic acids is 1. The monoisotopic (exact) mass is 356 g/mol. The first-order valence-corrected chi connectivity index (χ1v) is 8.83. The van der Waals surface area contributed by atoms with Gasteiger partial charge in [-0.05, 0) is 25.0 Å². The molecule has 0 unspecified atom stereocenters. The number of amides is 1. The van der Waals surface area contributed by atoms with Crippen molar-refractivity contribution in [3.05, 3.63) is 48.9 Å². The Kier molecular flexibility index (Phi) is 6.01. The van der Waals surface area contributed by atoms with Gasteiger partial charge in [0.05, 0.1) is 24.8 Å². The van der Waals surface area contributed by atoms with Crippen LogP contribution in [0.25, 0.3) is 0 Å². The van der Waals surface area contributed by atoms with Crippen molar-refractivity contribution in [2.45, 2.75) is 24.9 Å². The number of β-amino-alcohol motifs (C(OH)–C–C–N with tert-alkyl or cyclic N) is 1. The van der Waals surface area contributed by atoms with E-state index in [0.29, 0.717) is 19.6 Å². The van der Waals surface area contributed by atoms with Crippen molar-refractivity contribution in [2.24, 2.45) is 0 Å². The summed E-state index contributed by atoms with van der Waals surface area (Å²) in [5.41, 5.74) is -0.967. The van der Waals surface area contributed by atoms with Crippen LogP contribution in [0.2, 0.25) is 0 Å². The van der Waals surface area contributed by atoms with Crippen LogP contribution in [0.15, 0.2) is 48.9 Å².